The second-order valence-corrected chi connectivity index (χ2v) is 4.71. The predicted octanol–water partition coefficient (Wildman–Crippen LogP) is 1.15. The fraction of sp³-hybridized carbons (Fsp3) is 1.00. The molecule has 0 aliphatic carbocycles. The molecule has 0 aromatic heterocycles. The van der Waals surface area contributed by atoms with Gasteiger partial charge in [0.1, 0.15) is 0 Å². The highest BCUT2D eigenvalue weighted by molar-refractivity contribution is 8.00. The molecule has 0 spiro atoms. The van der Waals surface area contributed by atoms with Crippen LogP contribution in [-0.4, -0.2) is 60.1 Å². The number of aliphatic hydroxyl groups is 2. The highest BCUT2D eigenvalue weighted by atomic mass is 32.2. The van der Waals surface area contributed by atoms with Crippen LogP contribution in [0.5, 0.6) is 0 Å². The third-order valence-corrected chi connectivity index (χ3v) is 3.07. The van der Waals surface area contributed by atoms with Gasteiger partial charge in [-0.15, -0.1) is 0 Å². The molecule has 0 rings (SSSR count). The highest BCUT2D eigenvalue weighted by Crippen LogP contribution is 2.23. The van der Waals surface area contributed by atoms with E-state index in [1.807, 2.05) is 27.7 Å². The molecule has 0 aromatic rings. The van der Waals surface area contributed by atoms with Crippen LogP contribution in [0.3, 0.4) is 0 Å². The van der Waals surface area contributed by atoms with Crippen molar-refractivity contribution in [2.24, 2.45) is 0 Å². The molecule has 2 atom stereocenters. The molecular formula is C12H26O6S. The van der Waals surface area contributed by atoms with E-state index in [0.29, 0.717) is 26.4 Å². The van der Waals surface area contributed by atoms with Gasteiger partial charge in [0.15, 0.2) is 23.5 Å². The molecule has 0 heterocycles. The van der Waals surface area contributed by atoms with Crippen LogP contribution in [0.25, 0.3) is 0 Å². The number of hydrogen-bond acceptors (Lipinski definition) is 7. The van der Waals surface area contributed by atoms with Gasteiger partial charge in [-0.2, -0.15) is 0 Å². The zero-order valence-corrected chi connectivity index (χ0v) is 12.9. The number of aliphatic hydroxyl groups excluding tert-OH is 2. The minimum atomic E-state index is -1.02. The van der Waals surface area contributed by atoms with Crippen LogP contribution in [0.2, 0.25) is 0 Å². The van der Waals surface area contributed by atoms with Crippen LogP contribution in [-0.2, 0) is 18.9 Å². The Bertz CT molecular complexity index is 175. The van der Waals surface area contributed by atoms with Crippen molar-refractivity contribution in [3.63, 3.8) is 0 Å². The van der Waals surface area contributed by atoms with Crippen LogP contribution in [0.1, 0.15) is 27.7 Å². The number of rotatable bonds is 12. The Balaban J connectivity index is 4.34. The third-order valence-electron chi connectivity index (χ3n) is 2.07. The number of thioether (sulfide) groups is 1. The first-order chi connectivity index (χ1) is 9.10. The number of hydrogen-bond donors (Lipinski definition) is 2. The fourth-order valence-electron chi connectivity index (χ4n) is 1.35. The Kier molecular flexibility index (Phi) is 12.0. The predicted molar refractivity (Wildman–Crippen MR) is 73.7 cm³/mol. The summed E-state index contributed by atoms with van der Waals surface area (Å²) in [6.45, 7) is 8.90. The molecule has 2 N–H and O–H groups in total. The molecule has 7 heteroatoms. The topological polar surface area (TPSA) is 77.4 Å². The summed E-state index contributed by atoms with van der Waals surface area (Å²) in [5.74, 6) is 0. The van der Waals surface area contributed by atoms with E-state index in [0.717, 1.165) is 11.8 Å². The quantitative estimate of drug-likeness (QED) is 0.523. The van der Waals surface area contributed by atoms with Crippen molar-refractivity contribution in [3.05, 3.63) is 0 Å². The van der Waals surface area contributed by atoms with Gasteiger partial charge in [0.25, 0.3) is 0 Å². The molecule has 0 bridgehead atoms. The molecule has 0 aliphatic rings. The maximum absolute atomic E-state index is 9.97. The standard InChI is InChI=1S/C12H26O6S/c1-5-15-11(16-6-2)9(13)19-10(14)12(17-7-3)18-8-4/h9-14H,5-8H2,1-4H3. The van der Waals surface area contributed by atoms with Gasteiger partial charge >= 0.3 is 0 Å². The minimum absolute atomic E-state index is 0.415. The molecule has 2 unspecified atom stereocenters. The second kappa shape index (κ2) is 11.9. The van der Waals surface area contributed by atoms with Crippen LogP contribution in [0, 0.1) is 0 Å². The van der Waals surface area contributed by atoms with Gasteiger partial charge in [0, 0.05) is 26.4 Å². The third kappa shape index (κ3) is 8.09. The zero-order valence-electron chi connectivity index (χ0n) is 12.1. The molecule has 0 amide bonds. The summed E-state index contributed by atoms with van der Waals surface area (Å²) in [5.41, 5.74) is -2.03. The monoisotopic (exact) mass is 298 g/mol. The highest BCUT2D eigenvalue weighted by Gasteiger charge is 2.28. The Morgan fingerprint density at radius 3 is 1.16 bits per heavy atom. The van der Waals surface area contributed by atoms with Crippen molar-refractivity contribution in [2.45, 2.75) is 51.1 Å². The average molecular weight is 298 g/mol. The summed E-state index contributed by atoms with van der Waals surface area (Å²) in [4.78, 5) is 0. The summed E-state index contributed by atoms with van der Waals surface area (Å²) < 4.78 is 21.0. The lowest BCUT2D eigenvalue weighted by atomic mass is 10.6. The first-order valence-electron chi connectivity index (χ1n) is 6.58. The van der Waals surface area contributed by atoms with Gasteiger partial charge in [0.2, 0.25) is 0 Å². The molecule has 0 saturated carbocycles. The fourth-order valence-corrected chi connectivity index (χ4v) is 2.21. The van der Waals surface area contributed by atoms with Gasteiger partial charge < -0.3 is 29.2 Å². The normalized spacial score (nSPS) is 15.2. The van der Waals surface area contributed by atoms with Gasteiger partial charge in [-0.1, -0.05) is 11.8 Å². The van der Waals surface area contributed by atoms with Crippen LogP contribution in [0.15, 0.2) is 0 Å². The molecule has 0 aliphatic heterocycles. The van der Waals surface area contributed by atoms with E-state index in [9.17, 15) is 10.2 Å². The van der Waals surface area contributed by atoms with E-state index in [1.165, 1.54) is 0 Å². The second-order valence-electron chi connectivity index (χ2n) is 3.48. The first-order valence-corrected chi connectivity index (χ1v) is 7.52. The van der Waals surface area contributed by atoms with E-state index in [4.69, 9.17) is 18.9 Å². The Labute approximate surface area is 119 Å². The smallest absolute Gasteiger partial charge is 0.193 e. The molecule has 6 nitrogen and oxygen atoms in total. The summed E-state index contributed by atoms with van der Waals surface area (Å²) in [6, 6.07) is 0. The molecule has 0 saturated heterocycles. The minimum Gasteiger partial charge on any atom is -0.377 e. The SMILES string of the molecule is CCOC(OCC)C(O)SC(O)C(OCC)OCC. The Hall–Kier alpha value is 0.110. The Morgan fingerprint density at radius 1 is 0.684 bits per heavy atom. The lowest BCUT2D eigenvalue weighted by Crippen LogP contribution is -2.36. The van der Waals surface area contributed by atoms with Crippen molar-refractivity contribution >= 4 is 11.8 Å². The maximum Gasteiger partial charge on any atom is 0.193 e. The van der Waals surface area contributed by atoms with Crippen LogP contribution >= 0.6 is 11.8 Å². The van der Waals surface area contributed by atoms with Crippen molar-refractivity contribution in [1.82, 2.24) is 0 Å². The molecule has 0 aromatic carbocycles. The largest absolute Gasteiger partial charge is 0.377 e. The van der Waals surface area contributed by atoms with E-state index >= 15 is 0 Å². The van der Waals surface area contributed by atoms with Crippen molar-refractivity contribution in [2.75, 3.05) is 26.4 Å². The van der Waals surface area contributed by atoms with Crippen LogP contribution in [0.4, 0.5) is 0 Å². The lowest BCUT2D eigenvalue weighted by molar-refractivity contribution is -0.175. The van der Waals surface area contributed by atoms with E-state index < -0.39 is 23.5 Å². The van der Waals surface area contributed by atoms with E-state index in [-0.39, 0.29) is 0 Å². The Morgan fingerprint density at radius 2 is 0.947 bits per heavy atom. The maximum atomic E-state index is 9.97. The summed E-state index contributed by atoms with van der Waals surface area (Å²) >= 11 is 0.887. The first kappa shape index (κ1) is 19.1. The van der Waals surface area contributed by atoms with Crippen LogP contribution < -0.4 is 0 Å². The van der Waals surface area contributed by atoms with Crippen molar-refractivity contribution in [3.8, 4) is 0 Å². The molecule has 19 heavy (non-hydrogen) atoms. The molecular weight excluding hydrogens is 272 g/mol. The van der Waals surface area contributed by atoms with Gasteiger partial charge in [-0.05, 0) is 27.7 Å². The van der Waals surface area contributed by atoms with E-state index in [1.54, 1.807) is 0 Å². The summed E-state index contributed by atoms with van der Waals surface area (Å²) in [6.07, 6.45) is -1.56. The van der Waals surface area contributed by atoms with Gasteiger partial charge in [0.05, 0.1) is 0 Å². The molecule has 116 valence electrons. The zero-order chi connectivity index (χ0) is 14.7. The summed E-state index contributed by atoms with van der Waals surface area (Å²) in [7, 11) is 0. The van der Waals surface area contributed by atoms with Gasteiger partial charge in [-0.3, -0.25) is 0 Å². The van der Waals surface area contributed by atoms with Crippen molar-refractivity contribution < 1.29 is 29.2 Å². The van der Waals surface area contributed by atoms with Gasteiger partial charge in [-0.25, -0.2) is 0 Å². The molecule has 0 radical (unpaired) electrons. The summed E-state index contributed by atoms with van der Waals surface area (Å²) in [5, 5.41) is 19.9. The van der Waals surface area contributed by atoms with Crippen molar-refractivity contribution in [1.29, 1.82) is 0 Å². The number of ether oxygens (including phenoxy) is 4. The molecule has 0 fully saturated rings. The average Bonchev–Trinajstić information content (AvgIpc) is 2.38. The lowest BCUT2D eigenvalue weighted by Gasteiger charge is -2.27. The van der Waals surface area contributed by atoms with E-state index in [2.05, 4.69) is 0 Å².